The Morgan fingerprint density at radius 3 is 2.56 bits per heavy atom. The molecule has 0 aliphatic heterocycles. The first-order chi connectivity index (χ1) is 8.65. The lowest BCUT2D eigenvalue weighted by atomic mass is 10.0. The van der Waals surface area contributed by atoms with Gasteiger partial charge in [-0.15, -0.1) is 4.91 Å². The molecule has 2 aromatic rings. The summed E-state index contributed by atoms with van der Waals surface area (Å²) in [6.07, 6.45) is 0. The van der Waals surface area contributed by atoms with Crippen LogP contribution in [0, 0.1) is 17.6 Å². The third-order valence-electron chi connectivity index (χ3n) is 2.72. The number of benzene rings is 2. The lowest BCUT2D eigenvalue weighted by Crippen LogP contribution is -1.89. The van der Waals surface area contributed by atoms with E-state index in [9.17, 15) is 9.30 Å². The van der Waals surface area contributed by atoms with Crippen molar-refractivity contribution in [2.24, 2.45) is 5.18 Å². The van der Waals surface area contributed by atoms with E-state index in [1.54, 1.807) is 18.2 Å². The largest absolute Gasteiger partial charge is 0.497 e. The van der Waals surface area contributed by atoms with Crippen molar-refractivity contribution in [3.63, 3.8) is 0 Å². The summed E-state index contributed by atoms with van der Waals surface area (Å²) in [6, 6.07) is 9.51. The molecular weight excluding hydrogens is 233 g/mol. The molecule has 0 unspecified atom stereocenters. The van der Waals surface area contributed by atoms with E-state index in [1.807, 2.05) is 13.0 Å². The van der Waals surface area contributed by atoms with Gasteiger partial charge in [0.25, 0.3) is 0 Å². The molecule has 92 valence electrons. The SMILES string of the molecule is COc1ccc(F)c(-c2ccc(C)cc2N=O)c1. The number of aryl methyl sites for hydroxylation is 1. The fourth-order valence-corrected chi connectivity index (χ4v) is 1.78. The second kappa shape index (κ2) is 4.96. The Labute approximate surface area is 104 Å². The van der Waals surface area contributed by atoms with E-state index in [-0.39, 0.29) is 5.69 Å². The fourth-order valence-electron chi connectivity index (χ4n) is 1.78. The summed E-state index contributed by atoms with van der Waals surface area (Å²) < 4.78 is 18.9. The standard InChI is InChI=1S/C14H12FNO2/c1-9-3-5-11(14(7-9)16-17)12-8-10(18-2)4-6-13(12)15/h3-8H,1-2H3. The number of rotatable bonds is 3. The molecule has 0 fully saturated rings. The average molecular weight is 245 g/mol. The molecule has 0 spiro atoms. The van der Waals surface area contributed by atoms with Crippen molar-refractivity contribution in [3.05, 3.63) is 52.7 Å². The van der Waals surface area contributed by atoms with Crippen molar-refractivity contribution < 1.29 is 9.13 Å². The van der Waals surface area contributed by atoms with Gasteiger partial charge in [0.05, 0.1) is 7.11 Å². The van der Waals surface area contributed by atoms with Crippen LogP contribution in [0.5, 0.6) is 5.75 Å². The normalized spacial score (nSPS) is 10.2. The van der Waals surface area contributed by atoms with Gasteiger partial charge in [0, 0.05) is 11.1 Å². The molecule has 0 aliphatic carbocycles. The van der Waals surface area contributed by atoms with E-state index < -0.39 is 5.82 Å². The van der Waals surface area contributed by atoms with Crippen molar-refractivity contribution in [2.75, 3.05) is 7.11 Å². The Balaban J connectivity index is 2.64. The summed E-state index contributed by atoms with van der Waals surface area (Å²) >= 11 is 0. The van der Waals surface area contributed by atoms with Crippen LogP contribution in [0.4, 0.5) is 10.1 Å². The molecule has 4 heteroatoms. The van der Waals surface area contributed by atoms with Crippen LogP contribution < -0.4 is 4.74 Å². The molecule has 3 nitrogen and oxygen atoms in total. The van der Waals surface area contributed by atoms with E-state index >= 15 is 0 Å². The third kappa shape index (κ3) is 2.22. The predicted octanol–water partition coefficient (Wildman–Crippen LogP) is 4.21. The first-order valence-corrected chi connectivity index (χ1v) is 5.43. The van der Waals surface area contributed by atoms with Gasteiger partial charge in [0.15, 0.2) is 0 Å². The molecule has 0 atom stereocenters. The first kappa shape index (κ1) is 12.2. The molecule has 0 saturated carbocycles. The van der Waals surface area contributed by atoms with Gasteiger partial charge in [-0.1, -0.05) is 12.1 Å². The maximum absolute atomic E-state index is 13.8. The number of methoxy groups -OCH3 is 1. The maximum Gasteiger partial charge on any atom is 0.131 e. The third-order valence-corrected chi connectivity index (χ3v) is 2.72. The lowest BCUT2D eigenvalue weighted by Gasteiger charge is -2.08. The second-order valence-electron chi connectivity index (χ2n) is 3.96. The summed E-state index contributed by atoms with van der Waals surface area (Å²) in [4.78, 5) is 10.8. The van der Waals surface area contributed by atoms with Crippen molar-refractivity contribution in [3.8, 4) is 16.9 Å². The summed E-state index contributed by atoms with van der Waals surface area (Å²) in [5.41, 5.74) is 1.90. The summed E-state index contributed by atoms with van der Waals surface area (Å²) in [7, 11) is 1.51. The number of halogens is 1. The molecule has 0 amide bonds. The van der Waals surface area contributed by atoms with Gasteiger partial charge in [-0.05, 0) is 41.9 Å². The number of hydrogen-bond acceptors (Lipinski definition) is 3. The lowest BCUT2D eigenvalue weighted by molar-refractivity contribution is 0.414. The number of nitroso groups, excluding NO2 is 1. The number of nitrogens with zero attached hydrogens (tertiary/aromatic N) is 1. The van der Waals surface area contributed by atoms with Crippen molar-refractivity contribution in [2.45, 2.75) is 6.92 Å². The van der Waals surface area contributed by atoms with Gasteiger partial charge in [0.1, 0.15) is 17.3 Å². The highest BCUT2D eigenvalue weighted by Crippen LogP contribution is 2.34. The van der Waals surface area contributed by atoms with Gasteiger partial charge in [-0.25, -0.2) is 4.39 Å². The molecule has 0 radical (unpaired) electrons. The van der Waals surface area contributed by atoms with Crippen molar-refractivity contribution >= 4 is 5.69 Å². The van der Waals surface area contributed by atoms with E-state index in [4.69, 9.17) is 4.74 Å². The summed E-state index contributed by atoms with van der Waals surface area (Å²) in [5.74, 6) is 0.119. The molecule has 0 aromatic heterocycles. The minimum atomic E-state index is -0.412. The molecule has 2 aromatic carbocycles. The van der Waals surface area contributed by atoms with Gasteiger partial charge < -0.3 is 4.74 Å². The monoisotopic (exact) mass is 245 g/mol. The Hall–Kier alpha value is -2.23. The van der Waals surface area contributed by atoms with Crippen LogP contribution in [-0.4, -0.2) is 7.11 Å². The Morgan fingerprint density at radius 1 is 1.11 bits per heavy atom. The van der Waals surface area contributed by atoms with E-state index in [2.05, 4.69) is 5.18 Å². The first-order valence-electron chi connectivity index (χ1n) is 5.43. The fraction of sp³-hybridized carbons (Fsp3) is 0.143. The van der Waals surface area contributed by atoms with Gasteiger partial charge >= 0.3 is 0 Å². The minimum Gasteiger partial charge on any atom is -0.497 e. The van der Waals surface area contributed by atoms with Crippen LogP contribution in [0.2, 0.25) is 0 Å². The molecule has 0 aliphatic rings. The molecule has 2 rings (SSSR count). The summed E-state index contributed by atoms with van der Waals surface area (Å²) in [5, 5.41) is 2.95. The molecule has 0 bridgehead atoms. The molecule has 0 heterocycles. The van der Waals surface area contributed by atoms with Crippen LogP contribution in [-0.2, 0) is 0 Å². The van der Waals surface area contributed by atoms with E-state index in [0.717, 1.165) is 5.56 Å². The van der Waals surface area contributed by atoms with E-state index in [1.165, 1.54) is 19.2 Å². The average Bonchev–Trinajstić information content (AvgIpc) is 2.39. The van der Waals surface area contributed by atoms with Gasteiger partial charge in [-0.3, -0.25) is 0 Å². The minimum absolute atomic E-state index is 0.224. The second-order valence-corrected chi connectivity index (χ2v) is 3.96. The highest BCUT2D eigenvalue weighted by atomic mass is 19.1. The van der Waals surface area contributed by atoms with Crippen LogP contribution in [0.1, 0.15) is 5.56 Å². The van der Waals surface area contributed by atoms with Crippen molar-refractivity contribution in [1.29, 1.82) is 0 Å². The topological polar surface area (TPSA) is 38.7 Å². The van der Waals surface area contributed by atoms with Crippen LogP contribution in [0.25, 0.3) is 11.1 Å². The molecule has 0 N–H and O–H groups in total. The molecule has 18 heavy (non-hydrogen) atoms. The van der Waals surface area contributed by atoms with E-state index in [0.29, 0.717) is 16.9 Å². The van der Waals surface area contributed by atoms with Crippen LogP contribution in [0.3, 0.4) is 0 Å². The van der Waals surface area contributed by atoms with Crippen LogP contribution in [0.15, 0.2) is 41.6 Å². The predicted molar refractivity (Wildman–Crippen MR) is 68.6 cm³/mol. The maximum atomic E-state index is 13.8. The Bertz CT molecular complexity index is 596. The Kier molecular flexibility index (Phi) is 3.37. The van der Waals surface area contributed by atoms with Gasteiger partial charge in [0.2, 0.25) is 0 Å². The smallest absolute Gasteiger partial charge is 0.131 e. The highest BCUT2D eigenvalue weighted by molar-refractivity contribution is 5.77. The quantitative estimate of drug-likeness (QED) is 0.760. The van der Waals surface area contributed by atoms with Gasteiger partial charge in [-0.2, -0.15) is 0 Å². The number of hydrogen-bond donors (Lipinski definition) is 0. The van der Waals surface area contributed by atoms with Crippen LogP contribution >= 0.6 is 0 Å². The molecular formula is C14H12FNO2. The summed E-state index contributed by atoms with van der Waals surface area (Å²) in [6.45, 7) is 1.85. The zero-order valence-corrected chi connectivity index (χ0v) is 10.1. The zero-order chi connectivity index (χ0) is 13.1. The van der Waals surface area contributed by atoms with Crippen molar-refractivity contribution in [1.82, 2.24) is 0 Å². The Morgan fingerprint density at radius 2 is 1.89 bits per heavy atom. The molecule has 0 saturated heterocycles. The zero-order valence-electron chi connectivity index (χ0n) is 10.1. The highest BCUT2D eigenvalue weighted by Gasteiger charge is 2.12. The number of ether oxygens (including phenoxy) is 1.